The molecule has 1 aliphatic rings. The van der Waals surface area contributed by atoms with E-state index in [9.17, 15) is 24.3 Å². The van der Waals surface area contributed by atoms with E-state index in [0.29, 0.717) is 5.56 Å². The maximum Gasteiger partial charge on any atom is 0.330 e. The number of ketones is 1. The molecule has 0 aliphatic carbocycles. The summed E-state index contributed by atoms with van der Waals surface area (Å²) in [4.78, 5) is 47.4. The number of nitrogens with zero attached hydrogens (tertiary/aromatic N) is 1. The van der Waals surface area contributed by atoms with Crippen molar-refractivity contribution < 1.29 is 24.5 Å². The minimum absolute atomic E-state index is 0.308. The SMILES string of the molecule is Cc1cn([C@H]2C=C[C@@H](C(O)C(=O)CCC(=O)O)O2)c(=O)[nH]c1=O. The van der Waals surface area contributed by atoms with Crippen molar-refractivity contribution >= 4 is 11.8 Å². The van der Waals surface area contributed by atoms with Gasteiger partial charge in [0.2, 0.25) is 0 Å². The lowest BCUT2D eigenvalue weighted by molar-refractivity contribution is -0.142. The first kappa shape index (κ1) is 16.8. The zero-order chi connectivity index (χ0) is 17.1. The number of aliphatic hydroxyl groups excluding tert-OH is 1. The fraction of sp³-hybridized carbons (Fsp3) is 0.429. The van der Waals surface area contributed by atoms with Crippen molar-refractivity contribution in [1.82, 2.24) is 9.55 Å². The fourth-order valence-electron chi connectivity index (χ4n) is 2.13. The standard InChI is InChI=1S/C14H16N2O7/c1-7-6-16(14(22)15-13(7)21)10-4-3-9(23-10)12(20)8(17)2-5-11(18)19/h3-4,6,9-10,12,20H,2,5H2,1H3,(H,18,19)(H,15,21,22)/t9-,10+,12?/m0/s1. The van der Waals surface area contributed by atoms with Gasteiger partial charge in [0.1, 0.15) is 12.2 Å². The molecule has 1 aromatic rings. The number of aromatic amines is 1. The molecule has 1 unspecified atom stereocenters. The number of hydrogen-bond donors (Lipinski definition) is 3. The second-order valence-electron chi connectivity index (χ2n) is 5.16. The molecule has 0 fully saturated rings. The van der Waals surface area contributed by atoms with Crippen molar-refractivity contribution in [3.05, 3.63) is 44.8 Å². The maximum atomic E-state index is 11.8. The normalized spacial score (nSPS) is 21.3. The monoisotopic (exact) mass is 324 g/mol. The van der Waals surface area contributed by atoms with Gasteiger partial charge in [-0.3, -0.25) is 23.9 Å². The Morgan fingerprint density at radius 1 is 1.35 bits per heavy atom. The predicted molar refractivity (Wildman–Crippen MR) is 77.0 cm³/mol. The predicted octanol–water partition coefficient (Wildman–Crippen LogP) is -0.907. The molecule has 1 aromatic heterocycles. The zero-order valence-electron chi connectivity index (χ0n) is 12.3. The number of Topliss-reactive ketones (excluding diaryl/α,β-unsaturated/α-hetero) is 1. The Hall–Kier alpha value is -2.52. The summed E-state index contributed by atoms with van der Waals surface area (Å²) in [5, 5.41) is 18.4. The van der Waals surface area contributed by atoms with E-state index in [0.717, 1.165) is 4.57 Å². The van der Waals surface area contributed by atoms with Crippen molar-refractivity contribution in [3.63, 3.8) is 0 Å². The van der Waals surface area contributed by atoms with E-state index in [2.05, 4.69) is 4.98 Å². The highest BCUT2D eigenvalue weighted by Gasteiger charge is 2.31. The van der Waals surface area contributed by atoms with E-state index in [-0.39, 0.29) is 12.8 Å². The first-order valence-electron chi connectivity index (χ1n) is 6.88. The van der Waals surface area contributed by atoms with E-state index < -0.39 is 41.4 Å². The maximum absolute atomic E-state index is 11.8. The second kappa shape index (κ2) is 6.71. The Balaban J connectivity index is 2.07. The minimum Gasteiger partial charge on any atom is -0.481 e. The Bertz CT molecular complexity index is 761. The van der Waals surface area contributed by atoms with Crippen LogP contribution in [0.5, 0.6) is 0 Å². The first-order valence-corrected chi connectivity index (χ1v) is 6.88. The third-order valence-corrected chi connectivity index (χ3v) is 3.41. The highest BCUT2D eigenvalue weighted by Crippen LogP contribution is 2.22. The lowest BCUT2D eigenvalue weighted by atomic mass is 10.1. The Kier molecular flexibility index (Phi) is 4.92. The number of carbonyl (C=O) groups excluding carboxylic acids is 1. The Morgan fingerprint density at radius 3 is 2.70 bits per heavy atom. The molecule has 1 aliphatic heterocycles. The molecule has 3 atom stereocenters. The van der Waals surface area contributed by atoms with Crippen molar-refractivity contribution in [1.29, 1.82) is 0 Å². The topological polar surface area (TPSA) is 139 Å². The number of aromatic nitrogens is 2. The molecule has 0 amide bonds. The molecular weight excluding hydrogens is 308 g/mol. The van der Waals surface area contributed by atoms with E-state index >= 15 is 0 Å². The van der Waals surface area contributed by atoms with Crippen LogP contribution >= 0.6 is 0 Å². The second-order valence-corrected chi connectivity index (χ2v) is 5.16. The van der Waals surface area contributed by atoms with Gasteiger partial charge in [-0.15, -0.1) is 0 Å². The molecule has 2 rings (SSSR count). The van der Waals surface area contributed by atoms with Gasteiger partial charge in [-0.2, -0.15) is 0 Å². The van der Waals surface area contributed by atoms with Crippen LogP contribution in [0.25, 0.3) is 0 Å². The van der Waals surface area contributed by atoms with Gasteiger partial charge in [-0.1, -0.05) is 6.08 Å². The van der Waals surface area contributed by atoms with Crippen LogP contribution in [0.4, 0.5) is 0 Å². The minimum atomic E-state index is -1.52. The summed E-state index contributed by atoms with van der Waals surface area (Å²) in [7, 11) is 0. The number of carboxylic acids is 1. The lowest BCUT2D eigenvalue weighted by Crippen LogP contribution is -2.37. The van der Waals surface area contributed by atoms with Crippen LogP contribution in [0.2, 0.25) is 0 Å². The lowest BCUT2D eigenvalue weighted by Gasteiger charge is -2.19. The number of nitrogens with one attached hydrogen (secondary N) is 1. The molecule has 0 radical (unpaired) electrons. The summed E-state index contributed by atoms with van der Waals surface area (Å²) >= 11 is 0. The van der Waals surface area contributed by atoms with Gasteiger partial charge in [0.15, 0.2) is 12.0 Å². The molecule has 0 saturated heterocycles. The van der Waals surface area contributed by atoms with Crippen LogP contribution in [0.3, 0.4) is 0 Å². The van der Waals surface area contributed by atoms with Crippen LogP contribution in [0, 0.1) is 6.92 Å². The van der Waals surface area contributed by atoms with E-state index in [1.54, 1.807) is 0 Å². The first-order chi connectivity index (χ1) is 10.8. The molecule has 23 heavy (non-hydrogen) atoms. The summed E-state index contributed by atoms with van der Waals surface area (Å²) in [6, 6.07) is 0. The zero-order valence-corrected chi connectivity index (χ0v) is 12.3. The average Bonchev–Trinajstić information content (AvgIpc) is 2.97. The number of carboxylic acid groups (broad SMARTS) is 1. The van der Waals surface area contributed by atoms with Gasteiger partial charge in [-0.05, 0) is 13.0 Å². The van der Waals surface area contributed by atoms with Crippen molar-refractivity contribution in [2.24, 2.45) is 0 Å². The van der Waals surface area contributed by atoms with Crippen molar-refractivity contribution in [2.75, 3.05) is 0 Å². The van der Waals surface area contributed by atoms with Crippen LogP contribution in [-0.2, 0) is 14.3 Å². The Labute approximate surface area is 129 Å². The summed E-state index contributed by atoms with van der Waals surface area (Å²) in [6.45, 7) is 1.52. The number of aliphatic hydroxyl groups is 1. The largest absolute Gasteiger partial charge is 0.481 e. The van der Waals surface area contributed by atoms with Gasteiger partial charge < -0.3 is 14.9 Å². The third-order valence-electron chi connectivity index (χ3n) is 3.41. The number of carbonyl (C=O) groups is 2. The Morgan fingerprint density at radius 2 is 2.04 bits per heavy atom. The van der Waals surface area contributed by atoms with E-state index in [1.807, 2.05) is 0 Å². The molecule has 9 heteroatoms. The molecular formula is C14H16N2O7. The smallest absolute Gasteiger partial charge is 0.330 e. The van der Waals surface area contributed by atoms with Gasteiger partial charge in [0, 0.05) is 18.2 Å². The van der Waals surface area contributed by atoms with Gasteiger partial charge in [-0.25, -0.2) is 4.79 Å². The molecule has 9 nitrogen and oxygen atoms in total. The third kappa shape index (κ3) is 3.82. The summed E-state index contributed by atoms with van der Waals surface area (Å²) in [5.74, 6) is -1.80. The van der Waals surface area contributed by atoms with Crippen LogP contribution in [0.1, 0.15) is 24.6 Å². The number of ether oxygens (including phenoxy) is 1. The molecule has 2 heterocycles. The van der Waals surface area contributed by atoms with Crippen LogP contribution < -0.4 is 11.2 Å². The quantitative estimate of drug-likeness (QED) is 0.576. The van der Waals surface area contributed by atoms with Crippen molar-refractivity contribution in [2.45, 2.75) is 38.2 Å². The molecule has 124 valence electrons. The summed E-state index contributed by atoms with van der Waals surface area (Å²) in [6.07, 6.45) is 0.136. The van der Waals surface area contributed by atoms with E-state index in [4.69, 9.17) is 9.84 Å². The van der Waals surface area contributed by atoms with Crippen LogP contribution in [-0.4, -0.2) is 43.7 Å². The molecule has 3 N–H and O–H groups in total. The van der Waals surface area contributed by atoms with Gasteiger partial charge in [0.05, 0.1) is 6.42 Å². The molecule has 0 bridgehead atoms. The highest BCUT2D eigenvalue weighted by molar-refractivity contribution is 5.86. The summed E-state index contributed by atoms with van der Waals surface area (Å²) < 4.78 is 6.55. The van der Waals surface area contributed by atoms with E-state index in [1.165, 1.54) is 25.3 Å². The summed E-state index contributed by atoms with van der Waals surface area (Å²) in [5.41, 5.74) is -0.876. The fourth-order valence-corrected chi connectivity index (χ4v) is 2.13. The number of aryl methyl sites for hydroxylation is 1. The molecule has 0 aromatic carbocycles. The van der Waals surface area contributed by atoms with Gasteiger partial charge >= 0.3 is 11.7 Å². The van der Waals surface area contributed by atoms with Crippen LogP contribution in [0.15, 0.2) is 27.9 Å². The average molecular weight is 324 g/mol. The number of hydrogen-bond acceptors (Lipinski definition) is 6. The van der Waals surface area contributed by atoms with Gasteiger partial charge in [0.25, 0.3) is 5.56 Å². The number of H-pyrrole nitrogens is 1. The highest BCUT2D eigenvalue weighted by atomic mass is 16.5. The number of rotatable bonds is 6. The molecule has 0 saturated carbocycles. The molecule has 0 spiro atoms. The number of aliphatic carboxylic acids is 1. The van der Waals surface area contributed by atoms with Crippen molar-refractivity contribution in [3.8, 4) is 0 Å².